The molecule has 2 heteroatoms. The standard InChI is InChI=1S/C12H19NO/c1-8-5-9(2)12(10(3)6-8)11(13)7-14-4/h5-6,11H,7,13H2,1-4H3. The molecule has 0 bridgehead atoms. The molecule has 1 unspecified atom stereocenters. The molecule has 0 aliphatic rings. The summed E-state index contributed by atoms with van der Waals surface area (Å²) >= 11 is 0. The Kier molecular flexibility index (Phi) is 3.67. The first-order valence-corrected chi connectivity index (χ1v) is 4.88. The Hall–Kier alpha value is -0.860. The molecule has 0 amide bonds. The normalized spacial score (nSPS) is 12.9. The second kappa shape index (κ2) is 4.58. The maximum absolute atomic E-state index is 6.03. The molecule has 0 saturated carbocycles. The monoisotopic (exact) mass is 193 g/mol. The minimum Gasteiger partial charge on any atom is -0.383 e. The first kappa shape index (κ1) is 11.2. The average molecular weight is 193 g/mol. The van der Waals surface area contributed by atoms with Gasteiger partial charge in [0.25, 0.3) is 0 Å². The predicted molar refractivity (Wildman–Crippen MR) is 59.5 cm³/mol. The molecular formula is C12H19NO. The van der Waals surface area contributed by atoms with Gasteiger partial charge in [-0.1, -0.05) is 17.7 Å². The van der Waals surface area contributed by atoms with Crippen molar-refractivity contribution >= 4 is 0 Å². The molecule has 0 aromatic heterocycles. The zero-order valence-corrected chi connectivity index (χ0v) is 9.42. The summed E-state index contributed by atoms with van der Waals surface area (Å²) in [6.45, 7) is 6.88. The van der Waals surface area contributed by atoms with E-state index < -0.39 is 0 Å². The van der Waals surface area contributed by atoms with Crippen molar-refractivity contribution in [2.75, 3.05) is 13.7 Å². The first-order valence-electron chi connectivity index (χ1n) is 4.88. The van der Waals surface area contributed by atoms with Gasteiger partial charge in [-0.25, -0.2) is 0 Å². The van der Waals surface area contributed by atoms with Crippen LogP contribution in [-0.2, 0) is 4.74 Å². The van der Waals surface area contributed by atoms with Crippen LogP contribution in [0.1, 0.15) is 28.3 Å². The zero-order chi connectivity index (χ0) is 10.7. The molecule has 2 nitrogen and oxygen atoms in total. The van der Waals surface area contributed by atoms with E-state index in [0.717, 1.165) is 0 Å². The molecule has 0 radical (unpaired) electrons. The maximum Gasteiger partial charge on any atom is 0.0655 e. The van der Waals surface area contributed by atoms with Crippen molar-refractivity contribution in [2.45, 2.75) is 26.8 Å². The molecule has 0 aliphatic heterocycles. The Bertz CT molecular complexity index is 297. The summed E-state index contributed by atoms with van der Waals surface area (Å²) in [6.07, 6.45) is 0. The quantitative estimate of drug-likeness (QED) is 0.799. The number of hydrogen-bond acceptors (Lipinski definition) is 2. The number of nitrogens with two attached hydrogens (primary N) is 1. The lowest BCUT2D eigenvalue weighted by molar-refractivity contribution is 0.180. The molecule has 1 atom stereocenters. The Balaban J connectivity index is 3.07. The van der Waals surface area contributed by atoms with E-state index in [2.05, 4.69) is 32.9 Å². The van der Waals surface area contributed by atoms with Gasteiger partial charge in [0.15, 0.2) is 0 Å². The lowest BCUT2D eigenvalue weighted by Gasteiger charge is -2.17. The van der Waals surface area contributed by atoms with Gasteiger partial charge in [-0.05, 0) is 37.5 Å². The fraction of sp³-hybridized carbons (Fsp3) is 0.500. The molecule has 0 aliphatic carbocycles. The molecule has 0 fully saturated rings. The molecule has 0 spiro atoms. The first-order chi connectivity index (χ1) is 6.56. The molecule has 78 valence electrons. The highest BCUT2D eigenvalue weighted by molar-refractivity contribution is 5.39. The van der Waals surface area contributed by atoms with E-state index in [1.165, 1.54) is 22.3 Å². The van der Waals surface area contributed by atoms with Gasteiger partial charge < -0.3 is 10.5 Å². The Morgan fingerprint density at radius 2 is 1.71 bits per heavy atom. The minimum absolute atomic E-state index is 0.0133. The Morgan fingerprint density at radius 3 is 2.14 bits per heavy atom. The highest BCUT2D eigenvalue weighted by Crippen LogP contribution is 2.22. The van der Waals surface area contributed by atoms with Crippen LogP contribution in [0.4, 0.5) is 0 Å². The molecule has 1 aromatic carbocycles. The topological polar surface area (TPSA) is 35.2 Å². The van der Waals surface area contributed by atoms with Crippen LogP contribution in [0, 0.1) is 20.8 Å². The second-order valence-electron chi connectivity index (χ2n) is 3.87. The Labute approximate surface area is 86.1 Å². The van der Waals surface area contributed by atoms with Crippen molar-refractivity contribution in [2.24, 2.45) is 5.73 Å². The van der Waals surface area contributed by atoms with Crippen LogP contribution in [0.2, 0.25) is 0 Å². The van der Waals surface area contributed by atoms with Crippen LogP contribution in [0.15, 0.2) is 12.1 Å². The molecular weight excluding hydrogens is 174 g/mol. The van der Waals surface area contributed by atoms with Gasteiger partial charge >= 0.3 is 0 Å². The summed E-state index contributed by atoms with van der Waals surface area (Å²) in [7, 11) is 1.68. The van der Waals surface area contributed by atoms with E-state index in [9.17, 15) is 0 Å². The van der Waals surface area contributed by atoms with Crippen LogP contribution in [0.25, 0.3) is 0 Å². The van der Waals surface area contributed by atoms with E-state index in [0.29, 0.717) is 6.61 Å². The fourth-order valence-electron chi connectivity index (χ4n) is 2.04. The van der Waals surface area contributed by atoms with Crippen molar-refractivity contribution in [1.29, 1.82) is 0 Å². The molecule has 14 heavy (non-hydrogen) atoms. The van der Waals surface area contributed by atoms with Crippen molar-refractivity contribution in [3.63, 3.8) is 0 Å². The van der Waals surface area contributed by atoms with Crippen molar-refractivity contribution in [3.8, 4) is 0 Å². The zero-order valence-electron chi connectivity index (χ0n) is 9.42. The largest absolute Gasteiger partial charge is 0.383 e. The summed E-state index contributed by atoms with van der Waals surface area (Å²) < 4.78 is 5.07. The van der Waals surface area contributed by atoms with Gasteiger partial charge in [-0.3, -0.25) is 0 Å². The van der Waals surface area contributed by atoms with Crippen molar-refractivity contribution < 1.29 is 4.74 Å². The number of benzene rings is 1. The third-order valence-corrected chi connectivity index (χ3v) is 2.46. The summed E-state index contributed by atoms with van der Waals surface area (Å²) in [6, 6.07) is 4.32. The summed E-state index contributed by atoms with van der Waals surface area (Å²) in [5, 5.41) is 0. The van der Waals surface area contributed by atoms with Crippen LogP contribution in [0.5, 0.6) is 0 Å². The highest BCUT2D eigenvalue weighted by Gasteiger charge is 2.11. The minimum atomic E-state index is -0.0133. The van der Waals surface area contributed by atoms with Gasteiger partial charge in [0.2, 0.25) is 0 Å². The molecule has 0 saturated heterocycles. The number of ether oxygens (including phenoxy) is 1. The SMILES string of the molecule is COCC(N)c1c(C)cc(C)cc1C. The highest BCUT2D eigenvalue weighted by atomic mass is 16.5. The average Bonchev–Trinajstić information content (AvgIpc) is 2.01. The predicted octanol–water partition coefficient (Wildman–Crippen LogP) is 2.26. The van der Waals surface area contributed by atoms with E-state index in [4.69, 9.17) is 10.5 Å². The summed E-state index contributed by atoms with van der Waals surface area (Å²) in [4.78, 5) is 0. The number of rotatable bonds is 3. The van der Waals surface area contributed by atoms with Gasteiger partial charge in [0.1, 0.15) is 0 Å². The molecule has 0 heterocycles. The van der Waals surface area contributed by atoms with E-state index in [1.807, 2.05) is 0 Å². The van der Waals surface area contributed by atoms with Crippen LogP contribution >= 0.6 is 0 Å². The van der Waals surface area contributed by atoms with E-state index in [1.54, 1.807) is 7.11 Å². The van der Waals surface area contributed by atoms with Gasteiger partial charge in [-0.15, -0.1) is 0 Å². The van der Waals surface area contributed by atoms with Gasteiger partial charge in [0.05, 0.1) is 12.6 Å². The van der Waals surface area contributed by atoms with Crippen molar-refractivity contribution in [1.82, 2.24) is 0 Å². The smallest absolute Gasteiger partial charge is 0.0655 e. The number of methoxy groups -OCH3 is 1. The van der Waals surface area contributed by atoms with E-state index >= 15 is 0 Å². The number of aryl methyl sites for hydroxylation is 3. The van der Waals surface area contributed by atoms with Gasteiger partial charge in [-0.2, -0.15) is 0 Å². The van der Waals surface area contributed by atoms with Crippen molar-refractivity contribution in [3.05, 3.63) is 34.4 Å². The Morgan fingerprint density at radius 1 is 1.21 bits per heavy atom. The third kappa shape index (κ3) is 2.34. The lowest BCUT2D eigenvalue weighted by Crippen LogP contribution is -2.18. The van der Waals surface area contributed by atoms with E-state index in [-0.39, 0.29) is 6.04 Å². The second-order valence-corrected chi connectivity index (χ2v) is 3.87. The molecule has 2 N–H and O–H groups in total. The number of hydrogen-bond donors (Lipinski definition) is 1. The van der Waals surface area contributed by atoms with Crippen LogP contribution in [0.3, 0.4) is 0 Å². The third-order valence-electron chi connectivity index (χ3n) is 2.46. The summed E-state index contributed by atoms with van der Waals surface area (Å²) in [5.41, 5.74) is 11.1. The molecule has 1 aromatic rings. The lowest BCUT2D eigenvalue weighted by atomic mass is 9.95. The summed E-state index contributed by atoms with van der Waals surface area (Å²) in [5.74, 6) is 0. The fourth-order valence-corrected chi connectivity index (χ4v) is 2.04. The van der Waals surface area contributed by atoms with Crippen LogP contribution < -0.4 is 5.73 Å². The van der Waals surface area contributed by atoms with Gasteiger partial charge in [0, 0.05) is 7.11 Å². The molecule has 1 rings (SSSR count). The van der Waals surface area contributed by atoms with Crippen LogP contribution in [-0.4, -0.2) is 13.7 Å². The maximum atomic E-state index is 6.03.